The molecule has 0 aliphatic rings. The minimum absolute atomic E-state index is 0.333. The second-order valence-corrected chi connectivity index (χ2v) is 4.87. The normalized spacial score (nSPS) is 10.2. The Morgan fingerprint density at radius 2 is 2.25 bits per heavy atom. The molecule has 0 saturated heterocycles. The maximum atomic E-state index is 8.65. The number of nitriles is 1. The maximum absolute atomic E-state index is 8.65. The van der Waals surface area contributed by atoms with Crippen molar-refractivity contribution in [2.24, 2.45) is 0 Å². The molecule has 1 heterocycles. The van der Waals surface area contributed by atoms with Crippen LogP contribution in [0.2, 0.25) is 0 Å². The van der Waals surface area contributed by atoms with E-state index in [-0.39, 0.29) is 0 Å². The molecule has 0 spiro atoms. The zero-order chi connectivity index (χ0) is 12.1. The Hall–Kier alpha value is -1.08. The van der Waals surface area contributed by atoms with E-state index in [1.165, 1.54) is 0 Å². The van der Waals surface area contributed by atoms with E-state index in [1.54, 1.807) is 0 Å². The summed E-state index contributed by atoms with van der Waals surface area (Å²) in [6.45, 7) is 6.93. The molecule has 0 N–H and O–H groups in total. The van der Waals surface area contributed by atoms with Gasteiger partial charge in [-0.1, -0.05) is 0 Å². The number of hydrogen-bond donors (Lipinski definition) is 0. The van der Waals surface area contributed by atoms with Crippen LogP contribution < -0.4 is 4.90 Å². The van der Waals surface area contributed by atoms with Crippen LogP contribution in [0.3, 0.4) is 0 Å². The van der Waals surface area contributed by atoms with Gasteiger partial charge in [0.2, 0.25) is 0 Å². The second-order valence-electron chi connectivity index (χ2n) is 4.01. The minimum Gasteiger partial charge on any atom is -0.352 e. The summed E-state index contributed by atoms with van der Waals surface area (Å²) >= 11 is 3.52. The van der Waals surface area contributed by atoms with Gasteiger partial charge in [0.25, 0.3) is 0 Å². The van der Waals surface area contributed by atoms with Crippen molar-refractivity contribution in [3.05, 3.63) is 22.3 Å². The third-order valence-corrected chi connectivity index (χ3v) is 2.90. The summed E-state index contributed by atoms with van der Waals surface area (Å²) in [6.07, 6.45) is 2.36. The smallest absolute Gasteiger partial charge is 0.143 e. The summed E-state index contributed by atoms with van der Waals surface area (Å²) in [7, 11) is 0. The Bertz CT molecular complexity index is 396. The molecule has 0 fully saturated rings. The van der Waals surface area contributed by atoms with E-state index in [4.69, 9.17) is 5.26 Å². The molecule has 0 bridgehead atoms. The van der Waals surface area contributed by atoms with E-state index >= 15 is 0 Å². The largest absolute Gasteiger partial charge is 0.352 e. The van der Waals surface area contributed by atoms with Crippen LogP contribution in [-0.4, -0.2) is 17.6 Å². The standard InChI is InChI=1S/C12H16BrN3/c1-9(2)16(6-4-5-14)12-11(13)7-10(3)8-15-12/h7-9H,4,6H2,1-3H3. The number of aromatic nitrogens is 1. The first-order valence-corrected chi connectivity index (χ1v) is 6.11. The molecule has 0 saturated carbocycles. The summed E-state index contributed by atoms with van der Waals surface area (Å²) in [5, 5.41) is 8.65. The lowest BCUT2D eigenvalue weighted by atomic mass is 10.2. The summed E-state index contributed by atoms with van der Waals surface area (Å²) in [4.78, 5) is 6.55. The quantitative estimate of drug-likeness (QED) is 0.850. The van der Waals surface area contributed by atoms with Gasteiger partial charge in [0.15, 0.2) is 0 Å². The number of nitrogens with zero attached hydrogens (tertiary/aromatic N) is 3. The molecule has 0 aromatic carbocycles. The molecule has 0 amide bonds. The van der Waals surface area contributed by atoms with Gasteiger partial charge in [0.1, 0.15) is 5.82 Å². The summed E-state index contributed by atoms with van der Waals surface area (Å²) in [5.41, 5.74) is 1.12. The predicted molar refractivity (Wildman–Crippen MR) is 69.4 cm³/mol. The Labute approximate surface area is 105 Å². The van der Waals surface area contributed by atoms with E-state index in [9.17, 15) is 0 Å². The van der Waals surface area contributed by atoms with E-state index in [0.29, 0.717) is 19.0 Å². The van der Waals surface area contributed by atoms with Crippen molar-refractivity contribution in [2.75, 3.05) is 11.4 Å². The van der Waals surface area contributed by atoms with Gasteiger partial charge in [-0.15, -0.1) is 0 Å². The van der Waals surface area contributed by atoms with Crippen LogP contribution in [0, 0.1) is 18.3 Å². The molecule has 0 unspecified atom stereocenters. The molecule has 0 atom stereocenters. The zero-order valence-corrected chi connectivity index (χ0v) is 11.5. The monoisotopic (exact) mass is 281 g/mol. The SMILES string of the molecule is Cc1cnc(N(CCC#N)C(C)C)c(Br)c1. The van der Waals surface area contributed by atoms with Gasteiger partial charge in [-0.2, -0.15) is 5.26 Å². The highest BCUT2D eigenvalue weighted by molar-refractivity contribution is 9.10. The van der Waals surface area contributed by atoms with Crippen molar-refractivity contribution < 1.29 is 0 Å². The van der Waals surface area contributed by atoms with Crippen LogP contribution in [-0.2, 0) is 0 Å². The Balaban J connectivity index is 2.97. The fourth-order valence-corrected chi connectivity index (χ4v) is 2.21. The first-order valence-electron chi connectivity index (χ1n) is 5.32. The lowest BCUT2D eigenvalue weighted by molar-refractivity contribution is 0.675. The summed E-state index contributed by atoms with van der Waals surface area (Å²) < 4.78 is 0.985. The number of rotatable bonds is 4. The van der Waals surface area contributed by atoms with Gasteiger partial charge in [0, 0.05) is 18.8 Å². The van der Waals surface area contributed by atoms with Crippen molar-refractivity contribution >= 4 is 21.7 Å². The molecule has 0 aliphatic carbocycles. The van der Waals surface area contributed by atoms with Crippen LogP contribution >= 0.6 is 15.9 Å². The zero-order valence-electron chi connectivity index (χ0n) is 9.87. The Morgan fingerprint density at radius 3 is 2.75 bits per heavy atom. The van der Waals surface area contributed by atoms with Crippen LogP contribution in [0.4, 0.5) is 5.82 Å². The van der Waals surface area contributed by atoms with Gasteiger partial charge in [-0.05, 0) is 48.3 Å². The molecule has 3 nitrogen and oxygen atoms in total. The average molecular weight is 282 g/mol. The topological polar surface area (TPSA) is 39.9 Å². The predicted octanol–water partition coefficient (Wildman–Crippen LogP) is 3.28. The van der Waals surface area contributed by atoms with Crippen molar-refractivity contribution in [3.8, 4) is 6.07 Å². The van der Waals surface area contributed by atoms with Gasteiger partial charge < -0.3 is 4.90 Å². The third kappa shape index (κ3) is 3.21. The molecular weight excluding hydrogens is 266 g/mol. The van der Waals surface area contributed by atoms with Gasteiger partial charge in [0.05, 0.1) is 17.0 Å². The third-order valence-electron chi connectivity index (χ3n) is 2.32. The molecule has 0 radical (unpaired) electrons. The fourth-order valence-electron chi connectivity index (χ4n) is 1.52. The summed E-state index contributed by atoms with van der Waals surface area (Å²) in [6, 6.07) is 4.55. The highest BCUT2D eigenvalue weighted by Crippen LogP contribution is 2.26. The maximum Gasteiger partial charge on any atom is 0.143 e. The lowest BCUT2D eigenvalue weighted by Gasteiger charge is -2.27. The molecule has 0 aliphatic heterocycles. The number of pyridine rings is 1. The second kappa shape index (κ2) is 5.86. The first-order chi connectivity index (χ1) is 7.56. The van der Waals surface area contributed by atoms with E-state index in [1.807, 2.05) is 19.2 Å². The Kier molecular flexibility index (Phi) is 4.75. The average Bonchev–Trinajstić information content (AvgIpc) is 2.20. The highest BCUT2D eigenvalue weighted by atomic mass is 79.9. The number of hydrogen-bond acceptors (Lipinski definition) is 3. The van der Waals surface area contributed by atoms with Gasteiger partial charge >= 0.3 is 0 Å². The Morgan fingerprint density at radius 1 is 1.56 bits per heavy atom. The van der Waals surface area contributed by atoms with Crippen LogP contribution in [0.5, 0.6) is 0 Å². The molecule has 16 heavy (non-hydrogen) atoms. The number of aryl methyl sites for hydroxylation is 1. The van der Waals surface area contributed by atoms with Crippen LogP contribution in [0.25, 0.3) is 0 Å². The van der Waals surface area contributed by atoms with Gasteiger partial charge in [-0.25, -0.2) is 4.98 Å². The molecule has 1 rings (SSSR count). The fraction of sp³-hybridized carbons (Fsp3) is 0.500. The van der Waals surface area contributed by atoms with Crippen LogP contribution in [0.1, 0.15) is 25.8 Å². The molecule has 86 valence electrons. The molecule has 1 aromatic rings. The van der Waals surface area contributed by atoms with Crippen LogP contribution in [0.15, 0.2) is 16.7 Å². The number of halogens is 1. The van der Waals surface area contributed by atoms with Gasteiger partial charge in [-0.3, -0.25) is 0 Å². The van der Waals surface area contributed by atoms with E-state index in [2.05, 4.69) is 45.7 Å². The molecule has 1 aromatic heterocycles. The van der Waals surface area contributed by atoms with Crippen molar-refractivity contribution in [1.82, 2.24) is 4.98 Å². The lowest BCUT2D eigenvalue weighted by Crippen LogP contribution is -2.32. The minimum atomic E-state index is 0.333. The molecule has 4 heteroatoms. The number of anilines is 1. The summed E-state index contributed by atoms with van der Waals surface area (Å²) in [5.74, 6) is 0.913. The van der Waals surface area contributed by atoms with Crippen molar-refractivity contribution in [2.45, 2.75) is 33.2 Å². The molecular formula is C12H16BrN3. The van der Waals surface area contributed by atoms with E-state index in [0.717, 1.165) is 15.9 Å². The van der Waals surface area contributed by atoms with Crippen molar-refractivity contribution in [1.29, 1.82) is 5.26 Å². The van der Waals surface area contributed by atoms with Crippen molar-refractivity contribution in [3.63, 3.8) is 0 Å². The first kappa shape index (κ1) is 13.0. The highest BCUT2D eigenvalue weighted by Gasteiger charge is 2.14. The van der Waals surface area contributed by atoms with E-state index < -0.39 is 0 Å².